The summed E-state index contributed by atoms with van der Waals surface area (Å²) in [6, 6.07) is 7.88. The Balaban J connectivity index is 2.22. The van der Waals surface area contributed by atoms with Gasteiger partial charge >= 0.3 is 0 Å². The zero-order valence-electron chi connectivity index (χ0n) is 9.74. The van der Waals surface area contributed by atoms with E-state index in [1.54, 1.807) is 7.11 Å². The minimum atomic E-state index is 0.0573. The maximum atomic E-state index is 11.5. The van der Waals surface area contributed by atoms with Crippen molar-refractivity contribution >= 4 is 33.6 Å². The Labute approximate surface area is 114 Å². The standard InChI is InChI=1S/C12H16BrNO2S/c1-16-8-4-7-14-12(15)9-17-11-6-3-2-5-10(11)13/h2-3,5-6H,4,7-9H2,1H3,(H,14,15). The molecule has 1 aromatic carbocycles. The molecule has 1 amide bonds. The molecule has 0 saturated carbocycles. The predicted octanol–water partition coefficient (Wildman–Crippen LogP) is 2.69. The Morgan fingerprint density at radius 3 is 2.94 bits per heavy atom. The molecule has 0 aliphatic carbocycles. The lowest BCUT2D eigenvalue weighted by atomic mass is 10.4. The number of carbonyl (C=O) groups is 1. The van der Waals surface area contributed by atoms with Crippen molar-refractivity contribution in [2.75, 3.05) is 26.0 Å². The number of benzene rings is 1. The zero-order chi connectivity index (χ0) is 12.5. The summed E-state index contributed by atoms with van der Waals surface area (Å²) >= 11 is 4.98. The number of methoxy groups -OCH3 is 1. The Kier molecular flexibility index (Phi) is 7.32. The molecule has 0 spiro atoms. The first-order valence-electron chi connectivity index (χ1n) is 5.37. The molecule has 0 aliphatic heterocycles. The number of halogens is 1. The SMILES string of the molecule is COCCCNC(=O)CSc1ccccc1Br. The van der Waals surface area contributed by atoms with Gasteiger partial charge in [-0.3, -0.25) is 4.79 Å². The molecule has 0 heterocycles. The van der Waals surface area contributed by atoms with Crippen LogP contribution in [0.5, 0.6) is 0 Å². The lowest BCUT2D eigenvalue weighted by Crippen LogP contribution is -2.26. The molecule has 5 heteroatoms. The molecule has 1 aromatic rings. The van der Waals surface area contributed by atoms with Crippen LogP contribution in [0.3, 0.4) is 0 Å². The van der Waals surface area contributed by atoms with Crippen LogP contribution in [-0.4, -0.2) is 31.9 Å². The highest BCUT2D eigenvalue weighted by atomic mass is 79.9. The van der Waals surface area contributed by atoms with Crippen LogP contribution in [0, 0.1) is 0 Å². The molecule has 0 aliphatic rings. The highest BCUT2D eigenvalue weighted by Gasteiger charge is 2.04. The number of nitrogens with one attached hydrogen (secondary N) is 1. The van der Waals surface area contributed by atoms with E-state index in [0.717, 1.165) is 15.8 Å². The minimum Gasteiger partial charge on any atom is -0.385 e. The fraction of sp³-hybridized carbons (Fsp3) is 0.417. The van der Waals surface area contributed by atoms with Gasteiger partial charge in [-0.15, -0.1) is 11.8 Å². The van der Waals surface area contributed by atoms with Crippen LogP contribution < -0.4 is 5.32 Å². The molecule has 0 unspecified atom stereocenters. The van der Waals surface area contributed by atoms with Crippen LogP contribution in [0.1, 0.15) is 6.42 Å². The van der Waals surface area contributed by atoms with Crippen molar-refractivity contribution in [1.29, 1.82) is 0 Å². The second-order valence-electron chi connectivity index (χ2n) is 3.42. The van der Waals surface area contributed by atoms with Gasteiger partial charge in [-0.05, 0) is 34.5 Å². The van der Waals surface area contributed by atoms with Crippen LogP contribution in [0.15, 0.2) is 33.6 Å². The number of ether oxygens (including phenoxy) is 1. The average Bonchev–Trinajstić information content (AvgIpc) is 2.34. The summed E-state index contributed by atoms with van der Waals surface area (Å²) in [5, 5.41) is 2.85. The normalized spacial score (nSPS) is 10.2. The molecule has 0 bridgehead atoms. The second-order valence-corrected chi connectivity index (χ2v) is 5.29. The van der Waals surface area contributed by atoms with E-state index in [0.29, 0.717) is 18.9 Å². The van der Waals surface area contributed by atoms with Crippen molar-refractivity contribution in [3.05, 3.63) is 28.7 Å². The molecule has 94 valence electrons. The van der Waals surface area contributed by atoms with Gasteiger partial charge in [0.2, 0.25) is 5.91 Å². The lowest BCUT2D eigenvalue weighted by molar-refractivity contribution is -0.118. The Morgan fingerprint density at radius 2 is 2.24 bits per heavy atom. The predicted molar refractivity (Wildman–Crippen MR) is 74.4 cm³/mol. The number of rotatable bonds is 7. The maximum Gasteiger partial charge on any atom is 0.230 e. The molecule has 0 radical (unpaired) electrons. The van der Waals surface area contributed by atoms with E-state index >= 15 is 0 Å². The Morgan fingerprint density at radius 1 is 1.47 bits per heavy atom. The van der Waals surface area contributed by atoms with E-state index in [1.165, 1.54) is 11.8 Å². The molecular formula is C12H16BrNO2S. The number of hydrogen-bond donors (Lipinski definition) is 1. The molecule has 1 rings (SSSR count). The molecular weight excluding hydrogens is 302 g/mol. The summed E-state index contributed by atoms with van der Waals surface area (Å²) < 4.78 is 5.93. The van der Waals surface area contributed by atoms with Crippen molar-refractivity contribution in [3.63, 3.8) is 0 Å². The molecule has 17 heavy (non-hydrogen) atoms. The third-order valence-corrected chi connectivity index (χ3v) is 4.07. The van der Waals surface area contributed by atoms with E-state index in [2.05, 4.69) is 21.2 Å². The molecule has 3 nitrogen and oxygen atoms in total. The number of amides is 1. The lowest BCUT2D eigenvalue weighted by Gasteiger charge is -2.05. The first-order valence-corrected chi connectivity index (χ1v) is 7.15. The van der Waals surface area contributed by atoms with Gasteiger partial charge in [0.25, 0.3) is 0 Å². The molecule has 0 atom stereocenters. The smallest absolute Gasteiger partial charge is 0.230 e. The fourth-order valence-electron chi connectivity index (χ4n) is 1.20. The number of thioether (sulfide) groups is 1. The highest BCUT2D eigenvalue weighted by Crippen LogP contribution is 2.26. The Hall–Kier alpha value is -0.520. The van der Waals surface area contributed by atoms with Gasteiger partial charge in [0.15, 0.2) is 0 Å². The van der Waals surface area contributed by atoms with Gasteiger partial charge in [0, 0.05) is 29.6 Å². The summed E-state index contributed by atoms with van der Waals surface area (Å²) in [7, 11) is 1.66. The first-order chi connectivity index (χ1) is 8.24. The maximum absolute atomic E-state index is 11.5. The summed E-state index contributed by atoms with van der Waals surface area (Å²) in [4.78, 5) is 12.6. The van der Waals surface area contributed by atoms with E-state index in [1.807, 2.05) is 24.3 Å². The van der Waals surface area contributed by atoms with Crippen LogP contribution in [-0.2, 0) is 9.53 Å². The van der Waals surface area contributed by atoms with Crippen molar-refractivity contribution in [1.82, 2.24) is 5.32 Å². The van der Waals surface area contributed by atoms with Gasteiger partial charge in [0.1, 0.15) is 0 Å². The quantitative estimate of drug-likeness (QED) is 0.620. The number of hydrogen-bond acceptors (Lipinski definition) is 3. The van der Waals surface area contributed by atoms with Crippen LogP contribution in [0.2, 0.25) is 0 Å². The largest absolute Gasteiger partial charge is 0.385 e. The molecule has 1 N–H and O–H groups in total. The molecule has 0 fully saturated rings. The van der Waals surface area contributed by atoms with Crippen LogP contribution in [0.4, 0.5) is 0 Å². The summed E-state index contributed by atoms with van der Waals surface area (Å²) in [6.07, 6.45) is 0.849. The van der Waals surface area contributed by atoms with Crippen molar-refractivity contribution in [3.8, 4) is 0 Å². The van der Waals surface area contributed by atoms with Crippen molar-refractivity contribution < 1.29 is 9.53 Å². The van der Waals surface area contributed by atoms with Gasteiger partial charge in [0.05, 0.1) is 5.75 Å². The third kappa shape index (κ3) is 6.10. The Bertz CT molecular complexity index is 360. The average molecular weight is 318 g/mol. The van der Waals surface area contributed by atoms with Crippen LogP contribution in [0.25, 0.3) is 0 Å². The highest BCUT2D eigenvalue weighted by molar-refractivity contribution is 9.10. The summed E-state index contributed by atoms with van der Waals surface area (Å²) in [5.74, 6) is 0.497. The van der Waals surface area contributed by atoms with E-state index in [4.69, 9.17) is 4.74 Å². The number of carbonyl (C=O) groups excluding carboxylic acids is 1. The van der Waals surface area contributed by atoms with Crippen molar-refractivity contribution in [2.45, 2.75) is 11.3 Å². The minimum absolute atomic E-state index is 0.0573. The van der Waals surface area contributed by atoms with Gasteiger partial charge in [-0.25, -0.2) is 0 Å². The van der Waals surface area contributed by atoms with Crippen LogP contribution >= 0.6 is 27.7 Å². The monoisotopic (exact) mass is 317 g/mol. The van der Waals surface area contributed by atoms with E-state index < -0.39 is 0 Å². The fourth-order valence-corrected chi connectivity index (χ4v) is 2.60. The molecule has 0 aromatic heterocycles. The third-order valence-electron chi connectivity index (χ3n) is 2.04. The van der Waals surface area contributed by atoms with E-state index in [-0.39, 0.29) is 5.91 Å². The van der Waals surface area contributed by atoms with Gasteiger partial charge in [-0.1, -0.05) is 12.1 Å². The molecule has 0 saturated heterocycles. The topological polar surface area (TPSA) is 38.3 Å². The van der Waals surface area contributed by atoms with Crippen molar-refractivity contribution in [2.24, 2.45) is 0 Å². The second kappa shape index (κ2) is 8.55. The van der Waals surface area contributed by atoms with Gasteiger partial charge in [-0.2, -0.15) is 0 Å². The summed E-state index contributed by atoms with van der Waals surface area (Å²) in [6.45, 7) is 1.35. The van der Waals surface area contributed by atoms with Gasteiger partial charge < -0.3 is 10.1 Å². The summed E-state index contributed by atoms with van der Waals surface area (Å²) in [5.41, 5.74) is 0. The zero-order valence-corrected chi connectivity index (χ0v) is 12.1. The first kappa shape index (κ1) is 14.5. The van der Waals surface area contributed by atoms with E-state index in [9.17, 15) is 4.79 Å².